The number of aromatic nitrogens is 2. The number of aliphatic hydroxyl groups excluding tert-OH is 1. The first kappa shape index (κ1) is 15.2. The fraction of sp³-hybridized carbons (Fsp3) is 0.429. The molecule has 0 aliphatic rings. The average Bonchev–Trinajstić information content (AvgIpc) is 2.89. The van der Waals surface area contributed by atoms with E-state index in [0.717, 1.165) is 23.0 Å². The highest BCUT2D eigenvalue weighted by Crippen LogP contribution is 2.20. The van der Waals surface area contributed by atoms with Crippen LogP contribution in [0.5, 0.6) is 0 Å². The lowest BCUT2D eigenvalue weighted by Crippen LogP contribution is -2.27. The van der Waals surface area contributed by atoms with E-state index in [1.54, 1.807) is 0 Å². The van der Waals surface area contributed by atoms with Gasteiger partial charge in [-0.3, -0.25) is 4.90 Å². The molecule has 108 valence electrons. The molecule has 0 unspecified atom stereocenters. The maximum absolute atomic E-state index is 9.04. The minimum atomic E-state index is 0.133. The number of nitrogens with zero attached hydrogens (tertiary/aromatic N) is 3. The maximum Gasteiger partial charge on any atom is 0.247 e. The highest BCUT2D eigenvalue weighted by atomic mass is 79.9. The first-order valence-corrected chi connectivity index (χ1v) is 7.43. The third-order valence-electron chi connectivity index (χ3n) is 2.87. The minimum Gasteiger partial charge on any atom is -0.419 e. The van der Waals surface area contributed by atoms with E-state index in [-0.39, 0.29) is 6.61 Å². The van der Waals surface area contributed by atoms with Crippen LogP contribution in [0.25, 0.3) is 11.5 Å². The summed E-state index contributed by atoms with van der Waals surface area (Å²) >= 11 is 3.39. The van der Waals surface area contributed by atoms with Crippen molar-refractivity contribution in [1.29, 1.82) is 0 Å². The molecular formula is C14H18BrN3O2. The van der Waals surface area contributed by atoms with E-state index >= 15 is 0 Å². The van der Waals surface area contributed by atoms with Crippen molar-refractivity contribution in [2.45, 2.75) is 19.9 Å². The van der Waals surface area contributed by atoms with E-state index in [4.69, 9.17) is 9.52 Å². The van der Waals surface area contributed by atoms with Crippen molar-refractivity contribution in [2.75, 3.05) is 19.7 Å². The summed E-state index contributed by atoms with van der Waals surface area (Å²) in [5, 5.41) is 17.2. The largest absolute Gasteiger partial charge is 0.419 e. The van der Waals surface area contributed by atoms with Gasteiger partial charge in [0, 0.05) is 16.6 Å². The van der Waals surface area contributed by atoms with Crippen LogP contribution in [0.2, 0.25) is 0 Å². The zero-order valence-electron chi connectivity index (χ0n) is 11.4. The topological polar surface area (TPSA) is 62.4 Å². The Balaban J connectivity index is 2.06. The number of hydrogen-bond donors (Lipinski definition) is 1. The van der Waals surface area contributed by atoms with Gasteiger partial charge in [0.15, 0.2) is 0 Å². The van der Waals surface area contributed by atoms with E-state index < -0.39 is 0 Å². The van der Waals surface area contributed by atoms with Crippen LogP contribution >= 0.6 is 15.9 Å². The SMILES string of the molecule is CCCN(CCO)Cc1nnc(-c2ccc(Br)cc2)o1. The highest BCUT2D eigenvalue weighted by molar-refractivity contribution is 9.10. The first-order valence-electron chi connectivity index (χ1n) is 6.64. The zero-order valence-corrected chi connectivity index (χ0v) is 13.0. The van der Waals surface area contributed by atoms with Crippen LogP contribution in [-0.4, -0.2) is 39.9 Å². The predicted octanol–water partition coefficient (Wildman–Crippen LogP) is 2.70. The lowest BCUT2D eigenvalue weighted by atomic mass is 10.2. The van der Waals surface area contributed by atoms with Gasteiger partial charge in [0.25, 0.3) is 0 Å². The van der Waals surface area contributed by atoms with Crippen molar-refractivity contribution in [3.8, 4) is 11.5 Å². The van der Waals surface area contributed by atoms with Crippen LogP contribution in [-0.2, 0) is 6.54 Å². The van der Waals surface area contributed by atoms with E-state index in [1.807, 2.05) is 24.3 Å². The summed E-state index contributed by atoms with van der Waals surface area (Å²) in [4.78, 5) is 2.10. The van der Waals surface area contributed by atoms with Crippen LogP contribution in [0.15, 0.2) is 33.2 Å². The monoisotopic (exact) mass is 339 g/mol. The zero-order chi connectivity index (χ0) is 14.4. The molecule has 1 aromatic heterocycles. The quantitative estimate of drug-likeness (QED) is 0.840. The van der Waals surface area contributed by atoms with Gasteiger partial charge in [-0.05, 0) is 37.2 Å². The van der Waals surface area contributed by atoms with E-state index in [0.29, 0.717) is 24.9 Å². The molecule has 1 aromatic carbocycles. The first-order chi connectivity index (χ1) is 9.72. The Bertz CT molecular complexity index is 521. The molecular weight excluding hydrogens is 322 g/mol. The molecule has 0 bridgehead atoms. The second kappa shape index (κ2) is 7.52. The summed E-state index contributed by atoms with van der Waals surface area (Å²) in [5.74, 6) is 1.10. The Morgan fingerprint density at radius 2 is 1.95 bits per heavy atom. The van der Waals surface area contributed by atoms with Crippen molar-refractivity contribution >= 4 is 15.9 Å². The summed E-state index contributed by atoms with van der Waals surface area (Å²) in [7, 11) is 0. The van der Waals surface area contributed by atoms with Gasteiger partial charge in [-0.1, -0.05) is 22.9 Å². The maximum atomic E-state index is 9.04. The molecule has 0 aliphatic carbocycles. The van der Waals surface area contributed by atoms with Gasteiger partial charge in [-0.25, -0.2) is 0 Å². The molecule has 0 spiro atoms. The van der Waals surface area contributed by atoms with E-state index in [1.165, 1.54) is 0 Å². The standard InChI is InChI=1S/C14H18BrN3O2/c1-2-7-18(8-9-19)10-13-16-17-14(20-13)11-3-5-12(15)6-4-11/h3-6,19H,2,7-10H2,1H3. The molecule has 0 amide bonds. The Labute approximate surface area is 126 Å². The molecule has 20 heavy (non-hydrogen) atoms. The third kappa shape index (κ3) is 4.13. The van der Waals surface area contributed by atoms with Gasteiger partial charge in [0.1, 0.15) is 0 Å². The normalized spacial score (nSPS) is 11.2. The van der Waals surface area contributed by atoms with Gasteiger partial charge in [0.05, 0.1) is 13.2 Å². The summed E-state index contributed by atoms with van der Waals surface area (Å²) in [5.41, 5.74) is 0.899. The van der Waals surface area contributed by atoms with Gasteiger partial charge in [-0.2, -0.15) is 0 Å². The molecule has 6 heteroatoms. The second-order valence-corrected chi connectivity index (χ2v) is 5.42. The number of halogens is 1. The number of benzene rings is 1. The van der Waals surface area contributed by atoms with Crippen molar-refractivity contribution in [3.63, 3.8) is 0 Å². The number of aliphatic hydroxyl groups is 1. The Morgan fingerprint density at radius 1 is 1.20 bits per heavy atom. The Hall–Kier alpha value is -1.24. The van der Waals surface area contributed by atoms with Gasteiger partial charge < -0.3 is 9.52 Å². The number of rotatable bonds is 7. The summed E-state index contributed by atoms with van der Waals surface area (Å²) in [6.45, 7) is 4.32. The molecule has 0 saturated carbocycles. The third-order valence-corrected chi connectivity index (χ3v) is 3.40. The van der Waals surface area contributed by atoms with Gasteiger partial charge in [-0.15, -0.1) is 10.2 Å². The molecule has 2 aromatic rings. The lowest BCUT2D eigenvalue weighted by molar-refractivity contribution is 0.179. The number of hydrogen-bond acceptors (Lipinski definition) is 5. The highest BCUT2D eigenvalue weighted by Gasteiger charge is 2.12. The van der Waals surface area contributed by atoms with Crippen molar-refractivity contribution in [1.82, 2.24) is 15.1 Å². The van der Waals surface area contributed by atoms with Crippen LogP contribution in [0, 0.1) is 0 Å². The molecule has 5 nitrogen and oxygen atoms in total. The summed E-state index contributed by atoms with van der Waals surface area (Å²) in [6.07, 6.45) is 1.02. The predicted molar refractivity (Wildman–Crippen MR) is 80.1 cm³/mol. The molecule has 0 aliphatic heterocycles. The molecule has 1 heterocycles. The summed E-state index contributed by atoms with van der Waals surface area (Å²) in [6, 6.07) is 7.74. The van der Waals surface area contributed by atoms with Crippen molar-refractivity contribution in [2.24, 2.45) is 0 Å². The van der Waals surface area contributed by atoms with Crippen molar-refractivity contribution < 1.29 is 9.52 Å². The van der Waals surface area contributed by atoms with Gasteiger partial charge in [0.2, 0.25) is 11.8 Å². The lowest BCUT2D eigenvalue weighted by Gasteiger charge is -2.17. The Kier molecular flexibility index (Phi) is 5.70. The van der Waals surface area contributed by atoms with E-state index in [2.05, 4.69) is 38.0 Å². The minimum absolute atomic E-state index is 0.133. The smallest absolute Gasteiger partial charge is 0.247 e. The molecule has 0 radical (unpaired) electrons. The fourth-order valence-corrected chi connectivity index (χ4v) is 2.21. The Morgan fingerprint density at radius 3 is 2.60 bits per heavy atom. The molecule has 0 atom stereocenters. The second-order valence-electron chi connectivity index (χ2n) is 4.51. The average molecular weight is 340 g/mol. The summed E-state index contributed by atoms with van der Waals surface area (Å²) < 4.78 is 6.68. The molecule has 2 rings (SSSR count). The fourth-order valence-electron chi connectivity index (χ4n) is 1.95. The molecule has 0 fully saturated rings. The van der Waals surface area contributed by atoms with E-state index in [9.17, 15) is 0 Å². The van der Waals surface area contributed by atoms with Crippen LogP contribution in [0.1, 0.15) is 19.2 Å². The van der Waals surface area contributed by atoms with Crippen LogP contribution in [0.4, 0.5) is 0 Å². The van der Waals surface area contributed by atoms with Crippen LogP contribution in [0.3, 0.4) is 0 Å². The molecule has 1 N–H and O–H groups in total. The molecule has 0 saturated heterocycles. The van der Waals surface area contributed by atoms with Gasteiger partial charge >= 0.3 is 0 Å². The van der Waals surface area contributed by atoms with Crippen molar-refractivity contribution in [3.05, 3.63) is 34.6 Å². The van der Waals surface area contributed by atoms with Crippen LogP contribution < -0.4 is 0 Å².